The van der Waals surface area contributed by atoms with E-state index in [1.165, 1.54) is 11.3 Å². The van der Waals surface area contributed by atoms with E-state index in [-0.39, 0.29) is 17.9 Å². The van der Waals surface area contributed by atoms with Crippen LogP contribution in [0.1, 0.15) is 18.4 Å². The molecule has 0 spiro atoms. The Bertz CT molecular complexity index is 694. The van der Waals surface area contributed by atoms with Crippen molar-refractivity contribution in [2.24, 2.45) is 5.92 Å². The van der Waals surface area contributed by atoms with Crippen molar-refractivity contribution in [3.63, 3.8) is 0 Å². The van der Waals surface area contributed by atoms with Crippen molar-refractivity contribution in [3.05, 3.63) is 35.5 Å². The predicted octanol–water partition coefficient (Wildman–Crippen LogP) is 2.73. The Hall–Kier alpha value is -2.48. The van der Waals surface area contributed by atoms with Crippen molar-refractivity contribution in [2.75, 3.05) is 23.7 Å². The molecular weight excluding hydrogens is 326 g/mol. The number of hydrogen-bond acceptors (Lipinski definition) is 5. The highest BCUT2D eigenvalue weighted by Crippen LogP contribution is 2.20. The van der Waals surface area contributed by atoms with Gasteiger partial charge in [-0.1, -0.05) is 6.07 Å². The quantitative estimate of drug-likeness (QED) is 0.895. The van der Waals surface area contributed by atoms with Crippen molar-refractivity contribution in [2.45, 2.75) is 19.8 Å². The predicted molar refractivity (Wildman–Crippen MR) is 93.0 cm³/mol. The van der Waals surface area contributed by atoms with Gasteiger partial charge in [0.1, 0.15) is 5.82 Å². The van der Waals surface area contributed by atoms with E-state index in [1.807, 2.05) is 18.4 Å². The van der Waals surface area contributed by atoms with Gasteiger partial charge >= 0.3 is 6.03 Å². The van der Waals surface area contributed by atoms with Gasteiger partial charge in [-0.3, -0.25) is 10.1 Å². The van der Waals surface area contributed by atoms with Crippen LogP contribution in [-0.2, 0) is 4.79 Å². The first-order valence-electron chi connectivity index (χ1n) is 7.81. The van der Waals surface area contributed by atoms with E-state index in [0.717, 1.165) is 5.56 Å². The number of nitrogens with zero attached hydrogens (tertiary/aromatic N) is 3. The summed E-state index contributed by atoms with van der Waals surface area (Å²) in [7, 11) is 0. The van der Waals surface area contributed by atoms with Crippen molar-refractivity contribution in [3.8, 4) is 0 Å². The minimum Gasteiger partial charge on any atom is -0.324 e. The second-order valence-corrected chi connectivity index (χ2v) is 6.63. The maximum Gasteiger partial charge on any atom is 0.323 e. The molecule has 1 saturated heterocycles. The summed E-state index contributed by atoms with van der Waals surface area (Å²) in [5.74, 6) is 0.429. The van der Waals surface area contributed by atoms with E-state index in [9.17, 15) is 9.59 Å². The van der Waals surface area contributed by atoms with Gasteiger partial charge in [0.25, 0.3) is 0 Å². The summed E-state index contributed by atoms with van der Waals surface area (Å²) < 4.78 is 0. The maximum absolute atomic E-state index is 12.3. The lowest BCUT2D eigenvalue weighted by molar-refractivity contribution is -0.121. The molecule has 3 rings (SSSR count). The van der Waals surface area contributed by atoms with Crippen LogP contribution in [0.2, 0.25) is 0 Å². The summed E-state index contributed by atoms with van der Waals surface area (Å²) >= 11 is 1.38. The second-order valence-electron chi connectivity index (χ2n) is 5.74. The van der Waals surface area contributed by atoms with Gasteiger partial charge in [0.2, 0.25) is 5.91 Å². The number of carbonyl (C=O) groups is 2. The molecule has 3 heterocycles. The first kappa shape index (κ1) is 16.4. The van der Waals surface area contributed by atoms with E-state index in [2.05, 4.69) is 20.6 Å². The van der Waals surface area contributed by atoms with Crippen LogP contribution in [0.25, 0.3) is 0 Å². The molecule has 0 unspecified atom stereocenters. The molecule has 3 amide bonds. The molecule has 1 aliphatic rings. The van der Waals surface area contributed by atoms with Crippen LogP contribution in [0, 0.1) is 12.8 Å². The number of aromatic nitrogens is 2. The Labute approximate surface area is 144 Å². The highest BCUT2D eigenvalue weighted by molar-refractivity contribution is 7.13. The van der Waals surface area contributed by atoms with Crippen molar-refractivity contribution >= 4 is 34.2 Å². The van der Waals surface area contributed by atoms with E-state index in [1.54, 1.807) is 23.4 Å². The van der Waals surface area contributed by atoms with Crippen LogP contribution < -0.4 is 10.6 Å². The third-order valence-electron chi connectivity index (χ3n) is 3.96. The monoisotopic (exact) mass is 345 g/mol. The van der Waals surface area contributed by atoms with Gasteiger partial charge in [0.05, 0.1) is 0 Å². The Kier molecular flexibility index (Phi) is 5.05. The number of anilines is 2. The van der Waals surface area contributed by atoms with Crippen LogP contribution in [0.4, 0.5) is 15.7 Å². The first-order chi connectivity index (χ1) is 11.6. The molecule has 0 bridgehead atoms. The number of carbonyl (C=O) groups excluding carboxylic acids is 2. The number of piperidine rings is 1. The molecule has 126 valence electrons. The summed E-state index contributed by atoms with van der Waals surface area (Å²) in [6.07, 6.45) is 4.66. The lowest BCUT2D eigenvalue weighted by atomic mass is 9.96. The summed E-state index contributed by atoms with van der Waals surface area (Å²) in [6, 6.07) is 3.54. The smallest absolute Gasteiger partial charge is 0.323 e. The van der Waals surface area contributed by atoms with Gasteiger partial charge in [0, 0.05) is 36.8 Å². The highest BCUT2D eigenvalue weighted by Gasteiger charge is 2.27. The maximum atomic E-state index is 12.3. The number of pyridine rings is 1. The van der Waals surface area contributed by atoms with E-state index in [4.69, 9.17) is 0 Å². The minimum absolute atomic E-state index is 0.0358. The lowest BCUT2D eigenvalue weighted by Crippen LogP contribution is -2.43. The van der Waals surface area contributed by atoms with Crippen LogP contribution >= 0.6 is 11.3 Å². The Morgan fingerprint density at radius 2 is 2.00 bits per heavy atom. The van der Waals surface area contributed by atoms with Gasteiger partial charge < -0.3 is 10.2 Å². The van der Waals surface area contributed by atoms with E-state index >= 15 is 0 Å². The van der Waals surface area contributed by atoms with Crippen LogP contribution in [0.15, 0.2) is 29.9 Å². The summed E-state index contributed by atoms with van der Waals surface area (Å²) in [6.45, 7) is 3.05. The van der Waals surface area contributed by atoms with Crippen molar-refractivity contribution in [1.29, 1.82) is 0 Å². The fraction of sp³-hybridized carbons (Fsp3) is 0.375. The van der Waals surface area contributed by atoms with Crippen molar-refractivity contribution in [1.82, 2.24) is 14.9 Å². The standard InChI is InChI=1S/C16H19N5O2S/c1-11-2-3-13(18-10-11)19-14(22)12-4-7-21(8-5-12)16(23)20-15-17-6-9-24-15/h2-3,6,9-10,12H,4-5,7-8H2,1H3,(H,17,20,23)(H,18,19,22). The third-order valence-corrected chi connectivity index (χ3v) is 4.65. The number of amides is 3. The molecule has 0 aliphatic carbocycles. The number of hydrogen-bond donors (Lipinski definition) is 2. The van der Waals surface area contributed by atoms with Gasteiger partial charge in [-0.25, -0.2) is 14.8 Å². The average Bonchev–Trinajstić information content (AvgIpc) is 3.10. The molecule has 2 N–H and O–H groups in total. The van der Waals surface area contributed by atoms with E-state index in [0.29, 0.717) is 36.9 Å². The van der Waals surface area contributed by atoms with Crippen LogP contribution in [0.3, 0.4) is 0 Å². The van der Waals surface area contributed by atoms with Crippen molar-refractivity contribution < 1.29 is 9.59 Å². The molecular formula is C16H19N5O2S. The molecule has 0 radical (unpaired) electrons. The molecule has 24 heavy (non-hydrogen) atoms. The third kappa shape index (κ3) is 4.08. The van der Waals surface area contributed by atoms with Crippen LogP contribution in [-0.4, -0.2) is 39.9 Å². The molecule has 1 aliphatic heterocycles. The number of likely N-dealkylation sites (tertiary alicyclic amines) is 1. The summed E-state index contributed by atoms with van der Waals surface area (Å²) in [4.78, 5) is 34.4. The molecule has 0 aromatic carbocycles. The molecule has 2 aromatic rings. The molecule has 0 saturated carbocycles. The average molecular weight is 345 g/mol. The fourth-order valence-corrected chi connectivity index (χ4v) is 3.09. The number of urea groups is 1. The SMILES string of the molecule is Cc1ccc(NC(=O)C2CCN(C(=O)Nc3nccs3)CC2)nc1. The van der Waals surface area contributed by atoms with Crippen LogP contribution in [0.5, 0.6) is 0 Å². The molecule has 1 fully saturated rings. The molecule has 7 nitrogen and oxygen atoms in total. The van der Waals surface area contributed by atoms with Gasteiger partial charge in [-0.2, -0.15) is 0 Å². The number of nitrogens with one attached hydrogen (secondary N) is 2. The highest BCUT2D eigenvalue weighted by atomic mass is 32.1. The van der Waals surface area contributed by atoms with Gasteiger partial charge in [-0.05, 0) is 31.4 Å². The second kappa shape index (κ2) is 7.39. The van der Waals surface area contributed by atoms with Gasteiger partial charge in [-0.15, -0.1) is 11.3 Å². The fourth-order valence-electron chi connectivity index (χ4n) is 2.57. The van der Waals surface area contributed by atoms with E-state index < -0.39 is 0 Å². The Balaban J connectivity index is 1.48. The zero-order chi connectivity index (χ0) is 16.9. The largest absolute Gasteiger partial charge is 0.324 e. The Morgan fingerprint density at radius 1 is 1.21 bits per heavy atom. The molecule has 0 atom stereocenters. The van der Waals surface area contributed by atoms with Gasteiger partial charge in [0.15, 0.2) is 5.13 Å². The minimum atomic E-state index is -0.163. The normalized spacial score (nSPS) is 15.1. The zero-order valence-electron chi connectivity index (χ0n) is 13.4. The summed E-state index contributed by atoms with van der Waals surface area (Å²) in [5, 5.41) is 8.01. The molecule has 2 aromatic heterocycles. The Morgan fingerprint density at radius 3 is 2.62 bits per heavy atom. The zero-order valence-corrected chi connectivity index (χ0v) is 14.2. The number of aryl methyl sites for hydroxylation is 1. The summed E-state index contributed by atoms with van der Waals surface area (Å²) in [5.41, 5.74) is 1.05. The topological polar surface area (TPSA) is 87.2 Å². The molecule has 8 heteroatoms. The number of rotatable bonds is 3. The lowest BCUT2D eigenvalue weighted by Gasteiger charge is -2.31. The first-order valence-corrected chi connectivity index (χ1v) is 8.69. The number of thiazole rings is 1.